The summed E-state index contributed by atoms with van der Waals surface area (Å²) in [5.41, 5.74) is 4.38. The largest absolute Gasteiger partial charge is 0.345 e. The van der Waals surface area contributed by atoms with E-state index in [9.17, 15) is 4.79 Å². The van der Waals surface area contributed by atoms with E-state index in [-0.39, 0.29) is 11.9 Å². The first-order valence-corrected chi connectivity index (χ1v) is 10.9. The molecule has 0 saturated carbocycles. The molecule has 1 unspecified atom stereocenters. The first kappa shape index (κ1) is 21.4. The summed E-state index contributed by atoms with van der Waals surface area (Å²) in [4.78, 5) is 15.4. The Morgan fingerprint density at radius 3 is 2.48 bits per heavy atom. The zero-order chi connectivity index (χ0) is 21.0. The molecule has 3 rings (SSSR count). The highest BCUT2D eigenvalue weighted by Gasteiger charge is 2.25. The highest BCUT2D eigenvalue weighted by molar-refractivity contribution is 9.10. The first-order chi connectivity index (χ1) is 13.8. The molecular formula is C25H29BrN2O. The Hall–Kier alpha value is -2.33. The Morgan fingerprint density at radius 2 is 1.79 bits per heavy atom. The van der Waals surface area contributed by atoms with Gasteiger partial charge in [0.15, 0.2) is 0 Å². The lowest BCUT2D eigenvalue weighted by atomic mass is 10.0. The van der Waals surface area contributed by atoms with Crippen LogP contribution in [0, 0.1) is 12.8 Å². The van der Waals surface area contributed by atoms with Gasteiger partial charge in [0.25, 0.3) is 5.91 Å². The number of nitrogens with zero attached hydrogens (tertiary/aromatic N) is 2. The third-order valence-corrected chi connectivity index (χ3v) is 5.97. The number of amides is 1. The standard InChI is InChI=1S/C25H29BrN2O/c1-18(2)20(4)28(25(29)22-10-6-11-23(26)15-22)17-24-12-7-13-27(24)16-21-9-5-8-19(3)14-21/h5-15,18,20H,16-17H2,1-4H3. The molecule has 0 aliphatic carbocycles. The predicted molar refractivity (Wildman–Crippen MR) is 123 cm³/mol. The third-order valence-electron chi connectivity index (χ3n) is 5.48. The second-order valence-electron chi connectivity index (χ2n) is 8.04. The van der Waals surface area contributed by atoms with Gasteiger partial charge in [-0.2, -0.15) is 0 Å². The number of carbonyl (C=O) groups excluding carboxylic acids is 1. The molecule has 4 heteroatoms. The van der Waals surface area contributed by atoms with Crippen LogP contribution in [0.25, 0.3) is 0 Å². The van der Waals surface area contributed by atoms with Crippen LogP contribution in [0.5, 0.6) is 0 Å². The van der Waals surface area contributed by atoms with E-state index in [1.807, 2.05) is 29.2 Å². The van der Waals surface area contributed by atoms with Crippen LogP contribution in [0.4, 0.5) is 0 Å². The molecule has 0 fully saturated rings. The molecule has 0 saturated heterocycles. The van der Waals surface area contributed by atoms with Gasteiger partial charge in [0, 0.05) is 34.5 Å². The average molecular weight is 453 g/mol. The molecule has 0 N–H and O–H groups in total. The van der Waals surface area contributed by atoms with Gasteiger partial charge in [-0.1, -0.05) is 65.7 Å². The summed E-state index contributed by atoms with van der Waals surface area (Å²) in [6.45, 7) is 9.97. The van der Waals surface area contributed by atoms with E-state index in [2.05, 4.69) is 90.8 Å². The summed E-state index contributed by atoms with van der Waals surface area (Å²) in [7, 11) is 0. The van der Waals surface area contributed by atoms with Crippen LogP contribution in [-0.4, -0.2) is 21.4 Å². The van der Waals surface area contributed by atoms with Crippen molar-refractivity contribution in [3.63, 3.8) is 0 Å². The van der Waals surface area contributed by atoms with E-state index in [4.69, 9.17) is 0 Å². The molecule has 1 amide bonds. The fourth-order valence-corrected chi connectivity index (χ4v) is 3.88. The number of halogens is 1. The maximum Gasteiger partial charge on any atom is 0.254 e. The second kappa shape index (κ2) is 9.45. The quantitative estimate of drug-likeness (QED) is 0.413. The van der Waals surface area contributed by atoms with Gasteiger partial charge >= 0.3 is 0 Å². The summed E-state index contributed by atoms with van der Waals surface area (Å²) >= 11 is 3.49. The topological polar surface area (TPSA) is 25.2 Å². The number of rotatable bonds is 7. The van der Waals surface area contributed by atoms with Crippen LogP contribution in [0.3, 0.4) is 0 Å². The van der Waals surface area contributed by atoms with Crippen LogP contribution in [0.1, 0.15) is 48.0 Å². The molecule has 0 aliphatic rings. The van der Waals surface area contributed by atoms with Crippen LogP contribution in [0.2, 0.25) is 0 Å². The molecule has 2 aromatic carbocycles. The zero-order valence-electron chi connectivity index (χ0n) is 17.6. The molecule has 152 valence electrons. The van der Waals surface area contributed by atoms with Crippen molar-refractivity contribution in [3.05, 3.63) is 93.7 Å². The van der Waals surface area contributed by atoms with Gasteiger partial charge < -0.3 is 9.47 Å². The van der Waals surface area contributed by atoms with Gasteiger partial charge in [-0.3, -0.25) is 4.79 Å². The van der Waals surface area contributed by atoms with Crippen molar-refractivity contribution < 1.29 is 4.79 Å². The Labute approximate surface area is 182 Å². The minimum atomic E-state index is 0.0656. The summed E-state index contributed by atoms with van der Waals surface area (Å²) in [5.74, 6) is 0.432. The van der Waals surface area contributed by atoms with Crippen molar-refractivity contribution in [2.45, 2.75) is 46.8 Å². The smallest absolute Gasteiger partial charge is 0.254 e. The first-order valence-electron chi connectivity index (χ1n) is 10.1. The Bertz CT molecular complexity index is 976. The van der Waals surface area contributed by atoms with Crippen molar-refractivity contribution in [2.75, 3.05) is 0 Å². The summed E-state index contributed by atoms with van der Waals surface area (Å²) < 4.78 is 3.16. The Kier molecular flexibility index (Phi) is 6.96. The van der Waals surface area contributed by atoms with Crippen molar-refractivity contribution in [3.8, 4) is 0 Å². The molecular weight excluding hydrogens is 424 g/mol. The molecule has 0 spiro atoms. The van der Waals surface area contributed by atoms with Crippen LogP contribution in [0.15, 0.2) is 71.3 Å². The molecule has 29 heavy (non-hydrogen) atoms. The molecule has 3 aromatic rings. The van der Waals surface area contributed by atoms with Crippen molar-refractivity contribution in [2.24, 2.45) is 5.92 Å². The van der Waals surface area contributed by atoms with E-state index < -0.39 is 0 Å². The number of carbonyl (C=O) groups is 1. The lowest BCUT2D eigenvalue weighted by molar-refractivity contribution is 0.0622. The number of hydrogen-bond acceptors (Lipinski definition) is 1. The molecule has 0 radical (unpaired) electrons. The number of hydrogen-bond donors (Lipinski definition) is 0. The predicted octanol–water partition coefficient (Wildman–Crippen LogP) is 6.29. The van der Waals surface area contributed by atoms with Crippen molar-refractivity contribution in [1.29, 1.82) is 0 Å². The Balaban J connectivity index is 1.87. The molecule has 1 heterocycles. The second-order valence-corrected chi connectivity index (χ2v) is 8.96. The lowest BCUT2D eigenvalue weighted by Crippen LogP contribution is -2.41. The van der Waals surface area contributed by atoms with E-state index in [1.165, 1.54) is 11.1 Å². The molecule has 3 nitrogen and oxygen atoms in total. The normalized spacial score (nSPS) is 12.2. The fraction of sp³-hybridized carbons (Fsp3) is 0.320. The van der Waals surface area contributed by atoms with Crippen LogP contribution in [-0.2, 0) is 13.1 Å². The van der Waals surface area contributed by atoms with Gasteiger partial charge in [0.05, 0.1) is 6.54 Å². The van der Waals surface area contributed by atoms with E-state index in [0.717, 1.165) is 16.7 Å². The van der Waals surface area contributed by atoms with Crippen molar-refractivity contribution in [1.82, 2.24) is 9.47 Å². The van der Waals surface area contributed by atoms with Gasteiger partial charge in [-0.25, -0.2) is 0 Å². The van der Waals surface area contributed by atoms with Crippen LogP contribution < -0.4 is 0 Å². The van der Waals surface area contributed by atoms with Gasteiger partial charge in [-0.05, 0) is 55.7 Å². The molecule has 0 bridgehead atoms. The monoisotopic (exact) mass is 452 g/mol. The highest BCUT2D eigenvalue weighted by Crippen LogP contribution is 2.21. The minimum Gasteiger partial charge on any atom is -0.345 e. The Morgan fingerprint density at radius 1 is 1.03 bits per heavy atom. The minimum absolute atomic E-state index is 0.0656. The van der Waals surface area contributed by atoms with Gasteiger partial charge in [-0.15, -0.1) is 0 Å². The fourth-order valence-electron chi connectivity index (χ4n) is 3.48. The summed E-state index contributed by atoms with van der Waals surface area (Å²) in [5, 5.41) is 0. The average Bonchev–Trinajstić information content (AvgIpc) is 3.11. The van der Waals surface area contributed by atoms with Gasteiger partial charge in [0.1, 0.15) is 0 Å². The SMILES string of the molecule is Cc1cccc(Cn2cccc2CN(C(=O)c2cccc(Br)c2)C(C)C(C)C)c1. The molecule has 1 aromatic heterocycles. The van der Waals surface area contributed by atoms with Crippen molar-refractivity contribution >= 4 is 21.8 Å². The molecule has 0 aliphatic heterocycles. The zero-order valence-corrected chi connectivity index (χ0v) is 19.2. The van der Waals surface area contributed by atoms with Crippen LogP contribution >= 0.6 is 15.9 Å². The summed E-state index contributed by atoms with van der Waals surface area (Å²) in [6.07, 6.45) is 2.10. The van der Waals surface area contributed by atoms with E-state index in [1.54, 1.807) is 0 Å². The van der Waals surface area contributed by atoms with E-state index in [0.29, 0.717) is 18.0 Å². The number of aromatic nitrogens is 1. The number of aryl methyl sites for hydroxylation is 1. The maximum atomic E-state index is 13.4. The van der Waals surface area contributed by atoms with E-state index >= 15 is 0 Å². The van der Waals surface area contributed by atoms with Gasteiger partial charge in [0.2, 0.25) is 0 Å². The molecule has 1 atom stereocenters. The number of benzene rings is 2. The lowest BCUT2D eigenvalue weighted by Gasteiger charge is -2.32. The highest BCUT2D eigenvalue weighted by atomic mass is 79.9. The summed E-state index contributed by atoms with van der Waals surface area (Å²) in [6, 6.07) is 20.5. The third kappa shape index (κ3) is 5.39. The maximum absolute atomic E-state index is 13.4.